The van der Waals surface area contributed by atoms with Gasteiger partial charge in [-0.05, 0) is 31.0 Å². The van der Waals surface area contributed by atoms with Crippen LogP contribution in [0.15, 0.2) is 48.5 Å². The van der Waals surface area contributed by atoms with Gasteiger partial charge in [-0.1, -0.05) is 30.3 Å². The molecule has 0 atom stereocenters. The molecule has 0 bridgehead atoms. The first-order valence-corrected chi connectivity index (χ1v) is 9.12. The lowest BCUT2D eigenvalue weighted by molar-refractivity contribution is -0.137. The lowest BCUT2D eigenvalue weighted by atomic mass is 10.1. The van der Waals surface area contributed by atoms with E-state index in [2.05, 4.69) is 30.5 Å². The highest BCUT2D eigenvalue weighted by Crippen LogP contribution is 2.39. The molecule has 2 aromatic carbocycles. The first kappa shape index (κ1) is 17.6. The number of fused-ring (bicyclic) bond motifs is 1. The summed E-state index contributed by atoms with van der Waals surface area (Å²) >= 11 is 0. The molecule has 1 fully saturated rings. The second-order valence-corrected chi connectivity index (χ2v) is 6.90. The quantitative estimate of drug-likeness (QED) is 0.504. The highest BCUT2D eigenvalue weighted by atomic mass is 19.4. The van der Waals surface area contributed by atoms with E-state index in [0.717, 1.165) is 24.7 Å². The van der Waals surface area contributed by atoms with Gasteiger partial charge in [0, 0.05) is 16.9 Å². The lowest BCUT2D eigenvalue weighted by Gasteiger charge is -2.13. The van der Waals surface area contributed by atoms with Crippen molar-refractivity contribution in [3.05, 3.63) is 59.9 Å². The fourth-order valence-corrected chi connectivity index (χ4v) is 3.19. The first-order valence-electron chi connectivity index (χ1n) is 9.12. The van der Waals surface area contributed by atoms with Crippen molar-refractivity contribution in [2.45, 2.75) is 24.9 Å². The van der Waals surface area contributed by atoms with Gasteiger partial charge in [-0.3, -0.25) is 5.10 Å². The number of aromatic nitrogens is 5. The van der Waals surface area contributed by atoms with Crippen molar-refractivity contribution in [1.82, 2.24) is 25.1 Å². The Kier molecular flexibility index (Phi) is 3.97. The summed E-state index contributed by atoms with van der Waals surface area (Å²) in [5.74, 6) is 1.86. The van der Waals surface area contributed by atoms with Crippen LogP contribution in [0.1, 0.15) is 30.1 Å². The third-order valence-electron chi connectivity index (χ3n) is 4.77. The Morgan fingerprint density at radius 1 is 0.931 bits per heavy atom. The Morgan fingerprint density at radius 3 is 2.48 bits per heavy atom. The van der Waals surface area contributed by atoms with Crippen LogP contribution in [0, 0.1) is 0 Å². The number of halogens is 3. The van der Waals surface area contributed by atoms with E-state index in [1.807, 2.05) is 6.07 Å². The molecule has 0 aliphatic heterocycles. The maximum Gasteiger partial charge on any atom is 0.417 e. The number of anilines is 2. The summed E-state index contributed by atoms with van der Waals surface area (Å²) in [6.07, 6.45) is -2.37. The summed E-state index contributed by atoms with van der Waals surface area (Å²) in [4.78, 5) is 13.2. The Hall–Kier alpha value is -3.49. The van der Waals surface area contributed by atoms with E-state index in [9.17, 15) is 13.2 Å². The molecular formula is C20H15F3N6. The van der Waals surface area contributed by atoms with Gasteiger partial charge in [-0.2, -0.15) is 18.2 Å². The minimum atomic E-state index is -4.51. The van der Waals surface area contributed by atoms with E-state index in [4.69, 9.17) is 0 Å². The molecule has 0 saturated heterocycles. The third kappa shape index (κ3) is 3.39. The zero-order valence-corrected chi connectivity index (χ0v) is 15.0. The van der Waals surface area contributed by atoms with Crippen molar-refractivity contribution in [1.29, 1.82) is 0 Å². The van der Waals surface area contributed by atoms with Gasteiger partial charge in [0.2, 0.25) is 5.95 Å². The van der Waals surface area contributed by atoms with Crippen LogP contribution in [0.25, 0.3) is 22.3 Å². The van der Waals surface area contributed by atoms with Crippen LogP contribution >= 0.6 is 0 Å². The average molecular weight is 396 g/mol. The normalized spacial score (nSPS) is 14.3. The SMILES string of the molecule is FC(F)(F)c1ccccc1-c1nc(Nc2n[nH]c(C3CC3)n2)c2ccccc2n1. The predicted molar refractivity (Wildman–Crippen MR) is 102 cm³/mol. The van der Waals surface area contributed by atoms with E-state index in [0.29, 0.717) is 28.6 Å². The number of H-pyrrole nitrogens is 1. The summed E-state index contributed by atoms with van der Waals surface area (Å²) in [7, 11) is 0. The molecule has 0 unspecified atom stereocenters. The molecule has 0 radical (unpaired) electrons. The second-order valence-electron chi connectivity index (χ2n) is 6.90. The van der Waals surface area contributed by atoms with Crippen LogP contribution in [-0.2, 0) is 6.18 Å². The molecule has 6 nitrogen and oxygen atoms in total. The Morgan fingerprint density at radius 2 is 1.69 bits per heavy atom. The number of rotatable bonds is 4. The molecular weight excluding hydrogens is 381 g/mol. The number of aromatic amines is 1. The zero-order chi connectivity index (χ0) is 20.0. The molecule has 2 aromatic heterocycles. The third-order valence-corrected chi connectivity index (χ3v) is 4.77. The Labute approximate surface area is 163 Å². The summed E-state index contributed by atoms with van der Waals surface area (Å²) in [5.41, 5.74) is -0.340. The molecule has 0 amide bonds. The standard InChI is InChI=1S/C20H15F3N6/c21-20(22,23)14-7-3-1-5-12(14)17-24-15-8-4-2-6-13(15)18(25-17)27-19-26-16(28-29-19)11-9-10-11/h1-8,11H,9-10H2,(H2,24,25,26,27,28,29). The minimum Gasteiger partial charge on any atom is -0.307 e. The minimum absolute atomic E-state index is 0.0166. The van der Waals surface area contributed by atoms with Crippen LogP contribution in [0.3, 0.4) is 0 Å². The number of hydrogen-bond donors (Lipinski definition) is 2. The van der Waals surface area contributed by atoms with Gasteiger partial charge in [0.25, 0.3) is 0 Å². The van der Waals surface area contributed by atoms with Gasteiger partial charge in [-0.25, -0.2) is 9.97 Å². The van der Waals surface area contributed by atoms with E-state index in [-0.39, 0.29) is 11.4 Å². The van der Waals surface area contributed by atoms with Gasteiger partial charge in [0.05, 0.1) is 11.1 Å². The van der Waals surface area contributed by atoms with Crippen molar-refractivity contribution >= 4 is 22.7 Å². The summed E-state index contributed by atoms with van der Waals surface area (Å²) in [6.45, 7) is 0. The maximum atomic E-state index is 13.5. The molecule has 1 saturated carbocycles. The molecule has 1 aliphatic carbocycles. The molecule has 5 rings (SSSR count). The largest absolute Gasteiger partial charge is 0.417 e. The smallest absolute Gasteiger partial charge is 0.307 e. The van der Waals surface area contributed by atoms with Crippen LogP contribution in [0.2, 0.25) is 0 Å². The van der Waals surface area contributed by atoms with Gasteiger partial charge in [0.15, 0.2) is 5.82 Å². The highest BCUT2D eigenvalue weighted by Gasteiger charge is 2.34. The van der Waals surface area contributed by atoms with Crippen LogP contribution in [0.4, 0.5) is 24.9 Å². The summed E-state index contributed by atoms with van der Waals surface area (Å²) in [6, 6.07) is 12.4. The van der Waals surface area contributed by atoms with Gasteiger partial charge >= 0.3 is 6.18 Å². The zero-order valence-electron chi connectivity index (χ0n) is 15.0. The fourth-order valence-electron chi connectivity index (χ4n) is 3.19. The van der Waals surface area contributed by atoms with Gasteiger partial charge in [0.1, 0.15) is 11.6 Å². The number of alkyl halides is 3. The Balaban J connectivity index is 1.63. The first-order chi connectivity index (χ1) is 14.0. The maximum absolute atomic E-state index is 13.5. The molecule has 0 spiro atoms. The van der Waals surface area contributed by atoms with Crippen LogP contribution in [-0.4, -0.2) is 25.1 Å². The monoisotopic (exact) mass is 396 g/mol. The number of para-hydroxylation sites is 1. The number of nitrogens with one attached hydrogen (secondary N) is 2. The van der Waals surface area contributed by atoms with Crippen LogP contribution < -0.4 is 5.32 Å². The molecule has 4 aromatic rings. The summed E-state index contributed by atoms with van der Waals surface area (Å²) < 4.78 is 40.5. The van der Waals surface area contributed by atoms with E-state index >= 15 is 0 Å². The van der Waals surface area contributed by atoms with E-state index < -0.39 is 11.7 Å². The molecule has 29 heavy (non-hydrogen) atoms. The van der Waals surface area contributed by atoms with Gasteiger partial charge < -0.3 is 5.32 Å². The average Bonchev–Trinajstić information content (AvgIpc) is 3.46. The topological polar surface area (TPSA) is 79.4 Å². The number of nitrogens with zero attached hydrogens (tertiary/aromatic N) is 4. The Bertz CT molecular complexity index is 1200. The second kappa shape index (κ2) is 6.54. The molecule has 9 heteroatoms. The highest BCUT2D eigenvalue weighted by molar-refractivity contribution is 5.91. The fraction of sp³-hybridized carbons (Fsp3) is 0.200. The van der Waals surface area contributed by atoms with Crippen molar-refractivity contribution in [3.63, 3.8) is 0 Å². The molecule has 2 N–H and O–H groups in total. The van der Waals surface area contributed by atoms with Gasteiger partial charge in [-0.15, -0.1) is 5.10 Å². The lowest BCUT2D eigenvalue weighted by Crippen LogP contribution is -2.09. The number of hydrogen-bond acceptors (Lipinski definition) is 5. The molecule has 146 valence electrons. The number of benzene rings is 2. The predicted octanol–water partition coefficient (Wildman–Crippen LogP) is 5.05. The van der Waals surface area contributed by atoms with Crippen molar-refractivity contribution in [3.8, 4) is 11.4 Å². The molecule has 1 aliphatic rings. The van der Waals surface area contributed by atoms with E-state index in [1.165, 1.54) is 18.2 Å². The van der Waals surface area contributed by atoms with Crippen molar-refractivity contribution < 1.29 is 13.2 Å². The van der Waals surface area contributed by atoms with Crippen molar-refractivity contribution in [2.75, 3.05) is 5.32 Å². The van der Waals surface area contributed by atoms with Crippen molar-refractivity contribution in [2.24, 2.45) is 0 Å². The summed E-state index contributed by atoms with van der Waals surface area (Å²) in [5, 5.41) is 10.7. The molecule has 2 heterocycles. The van der Waals surface area contributed by atoms with E-state index in [1.54, 1.807) is 18.2 Å². The van der Waals surface area contributed by atoms with Crippen LogP contribution in [0.5, 0.6) is 0 Å².